The number of hydrogen-bond acceptors (Lipinski definition) is 4. The molecule has 2 heterocycles. The first kappa shape index (κ1) is 11.4. The second-order valence-corrected chi connectivity index (χ2v) is 5.75. The maximum Gasteiger partial charge on any atom is 0.249 e. The lowest BCUT2D eigenvalue weighted by atomic mass is 9.67. The molecule has 1 aromatic heterocycles. The molecule has 1 aromatic rings. The van der Waals surface area contributed by atoms with Crippen molar-refractivity contribution in [2.75, 3.05) is 0 Å². The number of fused-ring (bicyclic) bond motifs is 3. The van der Waals surface area contributed by atoms with E-state index in [2.05, 4.69) is 36.5 Å². The van der Waals surface area contributed by atoms with Crippen LogP contribution in [0.1, 0.15) is 44.2 Å². The number of hydrogen-bond donors (Lipinski definition) is 1. The van der Waals surface area contributed by atoms with Crippen molar-refractivity contribution in [1.82, 2.24) is 10.6 Å². The number of hydrazone groups is 1. The van der Waals surface area contributed by atoms with Gasteiger partial charge < -0.3 is 4.52 Å². The van der Waals surface area contributed by atoms with Crippen LogP contribution >= 0.6 is 0 Å². The Hall–Kier alpha value is -1.65. The number of carbonyl (C=O) groups excluding carboxylic acids is 1. The summed E-state index contributed by atoms with van der Waals surface area (Å²) in [4.78, 5) is 11.9. The molecule has 1 atom stereocenters. The highest BCUT2D eigenvalue weighted by Gasteiger charge is 2.49. The van der Waals surface area contributed by atoms with E-state index in [0.29, 0.717) is 0 Å². The van der Waals surface area contributed by atoms with Gasteiger partial charge in [-0.05, 0) is 11.8 Å². The quantitative estimate of drug-likeness (QED) is 0.864. The van der Waals surface area contributed by atoms with Crippen LogP contribution in [-0.4, -0.2) is 16.8 Å². The highest BCUT2D eigenvalue weighted by Crippen LogP contribution is 2.42. The maximum absolute atomic E-state index is 11.9. The van der Waals surface area contributed by atoms with Gasteiger partial charge in [0.25, 0.3) is 0 Å². The van der Waals surface area contributed by atoms with Gasteiger partial charge in [0, 0.05) is 6.42 Å². The van der Waals surface area contributed by atoms with Crippen molar-refractivity contribution in [1.29, 1.82) is 0 Å². The molecule has 5 heteroatoms. The van der Waals surface area contributed by atoms with Crippen LogP contribution in [0.3, 0.4) is 0 Å². The SMILES string of the molecule is CCCc1noc2c1C1=NNC(=O)[C@@H]1C(C)(C)C2. The van der Waals surface area contributed by atoms with Crippen LogP contribution in [0.5, 0.6) is 0 Å². The van der Waals surface area contributed by atoms with Gasteiger partial charge in [-0.1, -0.05) is 32.3 Å². The summed E-state index contributed by atoms with van der Waals surface area (Å²) >= 11 is 0. The largest absolute Gasteiger partial charge is 0.360 e. The molecule has 1 amide bonds. The van der Waals surface area contributed by atoms with Gasteiger partial charge in [0.05, 0.1) is 22.9 Å². The number of amides is 1. The van der Waals surface area contributed by atoms with E-state index in [4.69, 9.17) is 4.52 Å². The summed E-state index contributed by atoms with van der Waals surface area (Å²) in [7, 11) is 0. The van der Waals surface area contributed by atoms with E-state index in [0.717, 1.165) is 42.0 Å². The summed E-state index contributed by atoms with van der Waals surface area (Å²) < 4.78 is 5.45. The molecule has 0 radical (unpaired) electrons. The van der Waals surface area contributed by atoms with Crippen LogP contribution in [0.2, 0.25) is 0 Å². The monoisotopic (exact) mass is 247 g/mol. The Kier molecular flexibility index (Phi) is 2.33. The molecule has 0 bridgehead atoms. The minimum Gasteiger partial charge on any atom is -0.360 e. The fraction of sp³-hybridized carbons (Fsp3) is 0.615. The van der Waals surface area contributed by atoms with Crippen molar-refractivity contribution in [2.24, 2.45) is 16.4 Å². The molecule has 3 rings (SSSR count). The molecule has 1 aliphatic carbocycles. The molecule has 0 aromatic carbocycles. The van der Waals surface area contributed by atoms with E-state index in [-0.39, 0.29) is 17.2 Å². The van der Waals surface area contributed by atoms with Gasteiger partial charge in [0.1, 0.15) is 5.76 Å². The summed E-state index contributed by atoms with van der Waals surface area (Å²) in [6.45, 7) is 6.25. The first-order valence-corrected chi connectivity index (χ1v) is 6.40. The molecule has 1 aliphatic heterocycles. The standard InChI is InChI=1S/C13H17N3O2/c1-4-5-7-9-8(18-16-7)6-13(2,3)10-11(9)14-15-12(10)17/h10H,4-6H2,1-3H3,(H,15,17)/t10-/m1/s1. The summed E-state index contributed by atoms with van der Waals surface area (Å²) in [5, 5.41) is 8.35. The number of nitrogens with one attached hydrogen (secondary N) is 1. The highest BCUT2D eigenvalue weighted by molar-refractivity contribution is 6.18. The van der Waals surface area contributed by atoms with E-state index in [1.54, 1.807) is 0 Å². The molecule has 0 unspecified atom stereocenters. The first-order valence-electron chi connectivity index (χ1n) is 6.40. The molecular weight excluding hydrogens is 230 g/mol. The molecule has 0 saturated heterocycles. The Labute approximate surface area is 106 Å². The second kappa shape index (κ2) is 3.67. The Morgan fingerprint density at radius 1 is 1.50 bits per heavy atom. The Bertz CT molecular complexity index is 542. The van der Waals surface area contributed by atoms with Gasteiger partial charge in [-0.15, -0.1) is 0 Å². The van der Waals surface area contributed by atoms with Crippen molar-refractivity contribution in [2.45, 2.75) is 40.0 Å². The van der Waals surface area contributed by atoms with Crippen LogP contribution in [0, 0.1) is 11.3 Å². The Morgan fingerprint density at radius 3 is 3.00 bits per heavy atom. The van der Waals surface area contributed by atoms with Crippen molar-refractivity contribution in [3.05, 3.63) is 17.0 Å². The summed E-state index contributed by atoms with van der Waals surface area (Å²) in [6.07, 6.45) is 2.59. The molecule has 5 nitrogen and oxygen atoms in total. The lowest BCUT2D eigenvalue weighted by Gasteiger charge is -2.33. The average Bonchev–Trinajstić information content (AvgIpc) is 2.83. The normalized spacial score (nSPS) is 24.3. The van der Waals surface area contributed by atoms with Crippen molar-refractivity contribution in [3.63, 3.8) is 0 Å². The van der Waals surface area contributed by atoms with Crippen LogP contribution in [0.25, 0.3) is 0 Å². The van der Waals surface area contributed by atoms with Crippen LogP contribution in [0.4, 0.5) is 0 Å². The average molecular weight is 247 g/mol. The predicted octanol–water partition coefficient (Wildman–Crippen LogP) is 1.66. The number of nitrogens with zero attached hydrogens (tertiary/aromatic N) is 2. The predicted molar refractivity (Wildman–Crippen MR) is 66.2 cm³/mol. The van der Waals surface area contributed by atoms with Gasteiger partial charge in [0.2, 0.25) is 5.91 Å². The van der Waals surface area contributed by atoms with E-state index >= 15 is 0 Å². The van der Waals surface area contributed by atoms with Gasteiger partial charge in [0.15, 0.2) is 0 Å². The summed E-state index contributed by atoms with van der Waals surface area (Å²) in [6, 6.07) is 0. The highest BCUT2D eigenvalue weighted by atomic mass is 16.5. The molecule has 1 N–H and O–H groups in total. The number of aryl methyl sites for hydroxylation is 1. The minimum absolute atomic E-state index is 0.00991. The molecule has 0 fully saturated rings. The zero-order valence-electron chi connectivity index (χ0n) is 10.9. The lowest BCUT2D eigenvalue weighted by molar-refractivity contribution is -0.124. The summed E-state index contributed by atoms with van der Waals surface area (Å²) in [5.74, 6) is 0.680. The van der Waals surface area contributed by atoms with Crippen LogP contribution in [0.15, 0.2) is 9.62 Å². The van der Waals surface area contributed by atoms with Gasteiger partial charge in [-0.25, -0.2) is 5.43 Å². The molecular formula is C13H17N3O2. The number of rotatable bonds is 2. The Balaban J connectivity index is 2.14. The smallest absolute Gasteiger partial charge is 0.249 e. The third-order valence-corrected chi connectivity index (χ3v) is 3.80. The van der Waals surface area contributed by atoms with Crippen LogP contribution < -0.4 is 5.43 Å². The zero-order chi connectivity index (χ0) is 12.9. The van der Waals surface area contributed by atoms with E-state index in [1.165, 1.54) is 0 Å². The third kappa shape index (κ3) is 1.43. The second-order valence-electron chi connectivity index (χ2n) is 5.75. The van der Waals surface area contributed by atoms with Crippen LogP contribution in [-0.2, 0) is 17.6 Å². The van der Waals surface area contributed by atoms with Gasteiger partial charge >= 0.3 is 0 Å². The van der Waals surface area contributed by atoms with Crippen molar-refractivity contribution in [3.8, 4) is 0 Å². The third-order valence-electron chi connectivity index (χ3n) is 3.80. The Morgan fingerprint density at radius 2 is 2.28 bits per heavy atom. The summed E-state index contributed by atoms with van der Waals surface area (Å²) in [5.41, 5.74) is 5.15. The number of aromatic nitrogens is 1. The lowest BCUT2D eigenvalue weighted by Crippen LogP contribution is -2.41. The van der Waals surface area contributed by atoms with Crippen molar-refractivity contribution >= 4 is 11.6 Å². The molecule has 2 aliphatic rings. The minimum atomic E-state index is -0.181. The molecule has 18 heavy (non-hydrogen) atoms. The number of carbonyl (C=O) groups is 1. The fourth-order valence-corrected chi connectivity index (χ4v) is 2.99. The van der Waals surface area contributed by atoms with E-state index in [9.17, 15) is 4.79 Å². The zero-order valence-corrected chi connectivity index (χ0v) is 10.9. The maximum atomic E-state index is 11.9. The van der Waals surface area contributed by atoms with Gasteiger partial charge in [-0.2, -0.15) is 5.10 Å². The van der Waals surface area contributed by atoms with Gasteiger partial charge in [-0.3, -0.25) is 4.79 Å². The van der Waals surface area contributed by atoms with E-state index < -0.39 is 0 Å². The molecule has 0 saturated carbocycles. The topological polar surface area (TPSA) is 67.5 Å². The molecule has 0 spiro atoms. The molecule has 96 valence electrons. The van der Waals surface area contributed by atoms with Crippen molar-refractivity contribution < 1.29 is 9.32 Å². The first-order chi connectivity index (χ1) is 8.54. The van der Waals surface area contributed by atoms with E-state index in [1.807, 2.05) is 0 Å². The fourth-order valence-electron chi connectivity index (χ4n) is 2.99.